The summed E-state index contributed by atoms with van der Waals surface area (Å²) in [4.78, 5) is 18.2. The van der Waals surface area contributed by atoms with E-state index in [2.05, 4.69) is 23.9 Å². The highest BCUT2D eigenvalue weighted by atomic mass is 32.2. The first kappa shape index (κ1) is 23.2. The van der Waals surface area contributed by atoms with Crippen LogP contribution < -0.4 is 9.54 Å². The number of carbonyl (C=O) groups excluding carboxylic acids is 1. The Balaban J connectivity index is 1.70. The zero-order valence-electron chi connectivity index (χ0n) is 18.5. The number of carbonyl (C=O) groups is 1. The topological polar surface area (TPSA) is 81.0 Å². The summed E-state index contributed by atoms with van der Waals surface area (Å²) >= 11 is 1.39. The minimum Gasteiger partial charge on any atom is -0.497 e. The van der Waals surface area contributed by atoms with Crippen molar-refractivity contribution in [2.24, 2.45) is 4.99 Å². The molecule has 0 bridgehead atoms. The van der Waals surface area contributed by atoms with Crippen LogP contribution in [0.5, 0.6) is 5.75 Å². The molecule has 9 heteroatoms. The van der Waals surface area contributed by atoms with Gasteiger partial charge in [0.1, 0.15) is 11.8 Å². The van der Waals surface area contributed by atoms with Gasteiger partial charge in [0.05, 0.1) is 28.8 Å². The Morgan fingerprint density at radius 3 is 2.70 bits per heavy atom. The molecule has 0 radical (unpaired) electrons. The van der Waals surface area contributed by atoms with E-state index in [1.54, 1.807) is 12.1 Å². The number of aryl methyl sites for hydroxylation is 1. The zero-order chi connectivity index (χ0) is 23.6. The molecule has 1 aliphatic rings. The highest BCUT2D eigenvalue weighted by Crippen LogP contribution is 2.28. The van der Waals surface area contributed by atoms with Gasteiger partial charge in [-0.15, -0.1) is 6.42 Å². The number of terminal acetylenes is 1. The first-order valence-electron chi connectivity index (χ1n) is 10.7. The number of ether oxygens (including phenoxy) is 1. The lowest BCUT2D eigenvalue weighted by atomic mass is 10.2. The molecule has 0 spiro atoms. The van der Waals surface area contributed by atoms with Crippen LogP contribution in [0, 0.1) is 12.3 Å². The fraction of sp³-hybridized carbons (Fsp3) is 0.333. The van der Waals surface area contributed by atoms with Gasteiger partial charge in [-0.2, -0.15) is 9.30 Å². The molecule has 0 saturated carbocycles. The second kappa shape index (κ2) is 9.51. The van der Waals surface area contributed by atoms with E-state index < -0.39 is 22.0 Å². The highest BCUT2D eigenvalue weighted by Gasteiger charge is 2.39. The summed E-state index contributed by atoms with van der Waals surface area (Å²) < 4.78 is 35.7. The Morgan fingerprint density at radius 2 is 2.03 bits per heavy atom. The number of benzene rings is 2. The molecule has 1 saturated heterocycles. The molecule has 0 aliphatic carbocycles. The van der Waals surface area contributed by atoms with Crippen LogP contribution >= 0.6 is 11.3 Å². The third kappa shape index (κ3) is 4.47. The molecule has 1 unspecified atom stereocenters. The molecule has 2 heterocycles. The predicted molar refractivity (Wildman–Crippen MR) is 129 cm³/mol. The molecular weight excluding hydrogens is 458 g/mol. The Bertz CT molecular complexity index is 1400. The first-order valence-corrected chi connectivity index (χ1v) is 12.9. The van der Waals surface area contributed by atoms with Crippen LogP contribution in [0.1, 0.15) is 25.3 Å². The van der Waals surface area contributed by atoms with Gasteiger partial charge in [-0.3, -0.25) is 4.79 Å². The van der Waals surface area contributed by atoms with Crippen molar-refractivity contribution in [2.75, 3.05) is 13.7 Å². The number of hydrogen-bond acceptors (Lipinski definition) is 5. The van der Waals surface area contributed by atoms with E-state index in [-0.39, 0.29) is 18.0 Å². The van der Waals surface area contributed by atoms with Crippen molar-refractivity contribution in [3.8, 4) is 18.1 Å². The molecule has 7 nitrogen and oxygen atoms in total. The molecular formula is C24H25N3O4S2. The first-order chi connectivity index (χ1) is 15.9. The van der Waals surface area contributed by atoms with Gasteiger partial charge >= 0.3 is 0 Å². The number of sulfonamides is 1. The van der Waals surface area contributed by atoms with E-state index in [0.717, 1.165) is 16.6 Å². The normalized spacial score (nSPS) is 17.4. The van der Waals surface area contributed by atoms with E-state index in [0.29, 0.717) is 23.4 Å². The van der Waals surface area contributed by atoms with E-state index in [9.17, 15) is 13.2 Å². The van der Waals surface area contributed by atoms with Crippen LogP contribution in [0.15, 0.2) is 52.4 Å². The standard InChI is InChI=1S/C24H25N3O4S2/c1-4-14-26-20-13-8-17(5-2)16-22(20)32-24(26)25-23(28)21-7-6-15-27(21)33(29,30)19-11-9-18(31-3)10-12-19/h1,8-13,16,21H,5-7,14-15H2,2-3H3. The van der Waals surface area contributed by atoms with Gasteiger partial charge in [-0.05, 0) is 61.2 Å². The summed E-state index contributed by atoms with van der Waals surface area (Å²) in [5.74, 6) is 2.71. The third-order valence-electron chi connectivity index (χ3n) is 5.77. The van der Waals surface area contributed by atoms with Crippen LogP contribution in [-0.4, -0.2) is 42.9 Å². The average molecular weight is 484 g/mol. The predicted octanol–water partition coefficient (Wildman–Crippen LogP) is 3.19. The SMILES string of the molecule is C#CCn1c(=NC(=O)C2CCCN2S(=O)(=O)c2ccc(OC)cc2)sc2cc(CC)ccc21. The monoisotopic (exact) mass is 483 g/mol. The Hall–Kier alpha value is -2.93. The van der Waals surface area contributed by atoms with Crippen LogP contribution in [0.4, 0.5) is 0 Å². The van der Waals surface area contributed by atoms with Crippen molar-refractivity contribution >= 4 is 37.5 Å². The summed E-state index contributed by atoms with van der Waals surface area (Å²) in [7, 11) is -2.33. The van der Waals surface area contributed by atoms with Gasteiger partial charge in [0, 0.05) is 6.54 Å². The number of methoxy groups -OCH3 is 1. The summed E-state index contributed by atoms with van der Waals surface area (Å²) in [6.45, 7) is 2.63. The van der Waals surface area contributed by atoms with E-state index >= 15 is 0 Å². The molecule has 172 valence electrons. The minimum absolute atomic E-state index is 0.124. The van der Waals surface area contributed by atoms with Crippen molar-refractivity contribution in [3.05, 3.63) is 52.8 Å². The molecule has 1 aromatic heterocycles. The summed E-state index contributed by atoms with van der Waals surface area (Å²) in [6, 6.07) is 11.4. The van der Waals surface area contributed by atoms with Gasteiger partial charge in [0.25, 0.3) is 5.91 Å². The van der Waals surface area contributed by atoms with Crippen molar-refractivity contribution in [2.45, 2.75) is 43.7 Å². The number of aromatic nitrogens is 1. The Morgan fingerprint density at radius 1 is 1.27 bits per heavy atom. The number of rotatable bonds is 6. The molecule has 1 atom stereocenters. The van der Waals surface area contributed by atoms with E-state index in [4.69, 9.17) is 11.2 Å². The van der Waals surface area contributed by atoms with E-state index in [1.807, 2.05) is 16.7 Å². The molecule has 0 N–H and O–H groups in total. The minimum atomic E-state index is -3.84. The van der Waals surface area contributed by atoms with Crippen LogP contribution in [0.3, 0.4) is 0 Å². The number of amides is 1. The number of nitrogens with zero attached hydrogens (tertiary/aromatic N) is 3. The molecule has 33 heavy (non-hydrogen) atoms. The lowest BCUT2D eigenvalue weighted by Gasteiger charge is -2.21. The highest BCUT2D eigenvalue weighted by molar-refractivity contribution is 7.89. The summed E-state index contributed by atoms with van der Waals surface area (Å²) in [5, 5.41) is 0. The van der Waals surface area contributed by atoms with Crippen LogP contribution in [0.2, 0.25) is 0 Å². The number of hydrogen-bond donors (Lipinski definition) is 0. The van der Waals surface area contributed by atoms with Gasteiger partial charge in [-0.1, -0.05) is 30.2 Å². The number of fused-ring (bicyclic) bond motifs is 1. The fourth-order valence-electron chi connectivity index (χ4n) is 3.99. The van der Waals surface area contributed by atoms with Gasteiger partial charge < -0.3 is 9.30 Å². The van der Waals surface area contributed by atoms with Crippen molar-refractivity contribution in [1.29, 1.82) is 0 Å². The molecule has 3 aromatic rings. The maximum atomic E-state index is 13.2. The lowest BCUT2D eigenvalue weighted by molar-refractivity contribution is -0.121. The Kier molecular flexibility index (Phi) is 6.70. The van der Waals surface area contributed by atoms with Gasteiger partial charge in [0.15, 0.2) is 4.80 Å². The fourth-order valence-corrected chi connectivity index (χ4v) is 6.74. The quantitative estimate of drug-likeness (QED) is 0.505. The zero-order valence-corrected chi connectivity index (χ0v) is 20.2. The van der Waals surface area contributed by atoms with Crippen LogP contribution in [-0.2, 0) is 27.8 Å². The lowest BCUT2D eigenvalue weighted by Crippen LogP contribution is -2.40. The Labute approximate surface area is 197 Å². The van der Waals surface area contributed by atoms with Gasteiger partial charge in [0.2, 0.25) is 10.0 Å². The van der Waals surface area contributed by atoms with Crippen molar-refractivity contribution in [3.63, 3.8) is 0 Å². The average Bonchev–Trinajstić information content (AvgIpc) is 3.45. The summed E-state index contributed by atoms with van der Waals surface area (Å²) in [6.07, 6.45) is 7.48. The van der Waals surface area contributed by atoms with Crippen LogP contribution in [0.25, 0.3) is 10.2 Å². The molecule has 2 aromatic carbocycles. The molecule has 4 rings (SSSR count). The van der Waals surface area contributed by atoms with Crippen molar-refractivity contribution < 1.29 is 17.9 Å². The number of thiazole rings is 1. The maximum absolute atomic E-state index is 13.2. The van der Waals surface area contributed by atoms with Crippen molar-refractivity contribution in [1.82, 2.24) is 8.87 Å². The molecule has 1 amide bonds. The molecule has 1 aliphatic heterocycles. The van der Waals surface area contributed by atoms with E-state index in [1.165, 1.54) is 40.4 Å². The second-order valence-corrected chi connectivity index (χ2v) is 10.6. The second-order valence-electron chi connectivity index (χ2n) is 7.73. The maximum Gasteiger partial charge on any atom is 0.266 e. The van der Waals surface area contributed by atoms with Gasteiger partial charge in [-0.25, -0.2) is 8.42 Å². The molecule has 1 fully saturated rings. The largest absolute Gasteiger partial charge is 0.497 e. The third-order valence-corrected chi connectivity index (χ3v) is 8.73. The summed E-state index contributed by atoms with van der Waals surface area (Å²) in [5.41, 5.74) is 2.10. The smallest absolute Gasteiger partial charge is 0.266 e.